The average molecular weight is 304 g/mol. The molecule has 116 valence electrons. The zero-order chi connectivity index (χ0) is 15.6. The number of ether oxygens (including phenoxy) is 1. The van der Waals surface area contributed by atoms with Crippen LogP contribution in [0.5, 0.6) is 0 Å². The number of nitro groups is 1. The molecule has 0 saturated carbocycles. The van der Waals surface area contributed by atoms with Crippen molar-refractivity contribution in [3.63, 3.8) is 0 Å². The Kier molecular flexibility index (Phi) is 4.36. The number of hydrogen-bond donors (Lipinski definition) is 1. The number of alkyl halides is 3. The van der Waals surface area contributed by atoms with Crippen molar-refractivity contribution in [1.29, 1.82) is 0 Å². The Bertz CT molecular complexity index is 528. The minimum Gasteiger partial charge on any atom is -0.379 e. The summed E-state index contributed by atoms with van der Waals surface area (Å²) in [7, 11) is 0. The molecule has 2 unspecified atom stereocenters. The van der Waals surface area contributed by atoms with Crippen LogP contribution in [0.3, 0.4) is 0 Å². The minimum atomic E-state index is -4.66. The Morgan fingerprint density at radius 1 is 1.48 bits per heavy atom. The predicted molar refractivity (Wildman–Crippen MR) is 70.2 cm³/mol. The van der Waals surface area contributed by atoms with E-state index in [1.165, 1.54) is 0 Å². The van der Waals surface area contributed by atoms with Crippen molar-refractivity contribution in [3.05, 3.63) is 33.9 Å². The van der Waals surface area contributed by atoms with Gasteiger partial charge in [0.1, 0.15) is 0 Å². The zero-order valence-electron chi connectivity index (χ0n) is 11.3. The van der Waals surface area contributed by atoms with Gasteiger partial charge in [0, 0.05) is 30.5 Å². The van der Waals surface area contributed by atoms with Gasteiger partial charge in [-0.1, -0.05) is 0 Å². The van der Waals surface area contributed by atoms with Crippen molar-refractivity contribution in [2.45, 2.75) is 38.1 Å². The van der Waals surface area contributed by atoms with Crippen LogP contribution in [-0.2, 0) is 10.9 Å². The molecular formula is C13H15F3N2O3. The van der Waals surface area contributed by atoms with Gasteiger partial charge in [-0.25, -0.2) is 0 Å². The molecule has 1 aromatic carbocycles. The molecule has 1 N–H and O–H groups in total. The normalized spacial score (nSPS) is 20.3. The van der Waals surface area contributed by atoms with Gasteiger partial charge in [-0.15, -0.1) is 0 Å². The number of halogens is 3. The molecule has 0 radical (unpaired) electrons. The van der Waals surface area contributed by atoms with Crippen molar-refractivity contribution >= 4 is 11.4 Å². The van der Waals surface area contributed by atoms with Crippen LogP contribution in [0.1, 0.15) is 25.3 Å². The largest absolute Gasteiger partial charge is 0.418 e. The van der Waals surface area contributed by atoms with E-state index in [1.54, 1.807) is 6.92 Å². The van der Waals surface area contributed by atoms with Crippen LogP contribution >= 0.6 is 0 Å². The number of nitrogens with one attached hydrogen (secondary N) is 1. The first-order valence-corrected chi connectivity index (χ1v) is 6.53. The second-order valence-corrected chi connectivity index (χ2v) is 4.97. The van der Waals surface area contributed by atoms with E-state index in [1.807, 2.05) is 0 Å². The molecule has 5 nitrogen and oxygen atoms in total. The molecule has 2 atom stereocenters. The maximum atomic E-state index is 13.0. The summed E-state index contributed by atoms with van der Waals surface area (Å²) in [5.74, 6) is 0. The van der Waals surface area contributed by atoms with Crippen molar-refractivity contribution < 1.29 is 22.8 Å². The lowest BCUT2D eigenvalue weighted by Gasteiger charge is -2.23. The molecule has 0 bridgehead atoms. The van der Waals surface area contributed by atoms with Gasteiger partial charge in [0.2, 0.25) is 0 Å². The van der Waals surface area contributed by atoms with E-state index >= 15 is 0 Å². The molecule has 1 saturated heterocycles. The second-order valence-electron chi connectivity index (χ2n) is 4.97. The molecule has 1 aromatic rings. The molecule has 0 aromatic heterocycles. The van der Waals surface area contributed by atoms with Crippen LogP contribution in [0.2, 0.25) is 0 Å². The zero-order valence-corrected chi connectivity index (χ0v) is 11.3. The summed E-state index contributed by atoms with van der Waals surface area (Å²) in [6.45, 7) is 2.33. The average Bonchev–Trinajstić information content (AvgIpc) is 2.91. The van der Waals surface area contributed by atoms with Gasteiger partial charge in [0.15, 0.2) is 0 Å². The number of benzene rings is 1. The summed E-state index contributed by atoms with van der Waals surface area (Å²) in [4.78, 5) is 9.78. The Labute approximate surface area is 119 Å². The maximum Gasteiger partial charge on any atom is 0.418 e. The molecule has 21 heavy (non-hydrogen) atoms. The highest BCUT2D eigenvalue weighted by molar-refractivity contribution is 5.58. The molecular weight excluding hydrogens is 289 g/mol. The Balaban J connectivity index is 2.27. The summed E-state index contributed by atoms with van der Waals surface area (Å²) in [6.07, 6.45) is -3.16. The second kappa shape index (κ2) is 5.88. The third kappa shape index (κ3) is 3.63. The number of nitrogens with zero attached hydrogens (tertiary/aromatic N) is 1. The summed E-state index contributed by atoms with van der Waals surface area (Å²) in [5, 5.41) is 13.4. The summed E-state index contributed by atoms with van der Waals surface area (Å²) < 4.78 is 44.5. The van der Waals surface area contributed by atoms with Gasteiger partial charge >= 0.3 is 6.18 Å². The lowest BCUT2D eigenvalue weighted by molar-refractivity contribution is -0.385. The van der Waals surface area contributed by atoms with Crippen LogP contribution in [0.15, 0.2) is 18.2 Å². The van der Waals surface area contributed by atoms with Crippen molar-refractivity contribution in [1.82, 2.24) is 0 Å². The molecule has 1 aliphatic heterocycles. The fourth-order valence-electron chi connectivity index (χ4n) is 2.34. The van der Waals surface area contributed by atoms with Crippen LogP contribution in [0.4, 0.5) is 24.5 Å². The Hall–Kier alpha value is -1.83. The highest BCUT2D eigenvalue weighted by Gasteiger charge is 2.36. The molecule has 8 heteroatoms. The molecule has 2 rings (SSSR count). The van der Waals surface area contributed by atoms with Gasteiger partial charge in [-0.3, -0.25) is 10.1 Å². The van der Waals surface area contributed by atoms with Gasteiger partial charge < -0.3 is 10.1 Å². The standard InChI is InChI=1S/C13H15F3N2O3/c1-8(12-3-2-6-21-12)17-11-5-4-9(18(19)20)7-10(11)13(14,15)16/h4-5,7-8,12,17H,2-3,6H2,1H3. The van der Waals surface area contributed by atoms with Gasteiger partial charge in [-0.05, 0) is 25.8 Å². The van der Waals surface area contributed by atoms with E-state index < -0.39 is 22.4 Å². The quantitative estimate of drug-likeness (QED) is 0.682. The minimum absolute atomic E-state index is 0.152. The first kappa shape index (κ1) is 15.6. The highest BCUT2D eigenvalue weighted by Crippen LogP contribution is 2.37. The number of nitro benzene ring substituents is 1. The predicted octanol–water partition coefficient (Wildman–Crippen LogP) is 3.59. The van der Waals surface area contributed by atoms with E-state index in [-0.39, 0.29) is 17.8 Å². The number of anilines is 1. The first-order chi connectivity index (χ1) is 9.79. The van der Waals surface area contributed by atoms with E-state index in [9.17, 15) is 23.3 Å². The molecule has 0 aliphatic carbocycles. The van der Waals surface area contributed by atoms with Crippen LogP contribution < -0.4 is 5.32 Å². The molecule has 1 aliphatic rings. The van der Waals surface area contributed by atoms with Gasteiger partial charge in [0.25, 0.3) is 5.69 Å². The molecule has 1 fully saturated rings. The van der Waals surface area contributed by atoms with Crippen molar-refractivity contribution in [2.75, 3.05) is 11.9 Å². The van der Waals surface area contributed by atoms with Crippen LogP contribution in [0, 0.1) is 10.1 Å². The van der Waals surface area contributed by atoms with E-state index in [0.717, 1.165) is 25.0 Å². The summed E-state index contributed by atoms with van der Waals surface area (Å²) >= 11 is 0. The van der Waals surface area contributed by atoms with E-state index in [2.05, 4.69) is 5.32 Å². The van der Waals surface area contributed by atoms with Crippen LogP contribution in [-0.4, -0.2) is 23.7 Å². The third-order valence-electron chi connectivity index (χ3n) is 3.43. The van der Waals surface area contributed by atoms with Gasteiger partial charge in [-0.2, -0.15) is 13.2 Å². The first-order valence-electron chi connectivity index (χ1n) is 6.53. The fourth-order valence-corrected chi connectivity index (χ4v) is 2.34. The topological polar surface area (TPSA) is 64.4 Å². The van der Waals surface area contributed by atoms with E-state index in [0.29, 0.717) is 12.7 Å². The van der Waals surface area contributed by atoms with Gasteiger partial charge in [0.05, 0.1) is 16.6 Å². The third-order valence-corrected chi connectivity index (χ3v) is 3.43. The SMILES string of the molecule is CC(Nc1ccc([N+](=O)[O-])cc1C(F)(F)F)C1CCCO1. The Morgan fingerprint density at radius 3 is 2.71 bits per heavy atom. The van der Waals surface area contributed by atoms with Crippen molar-refractivity contribution in [3.8, 4) is 0 Å². The molecule has 0 spiro atoms. The number of hydrogen-bond acceptors (Lipinski definition) is 4. The maximum absolute atomic E-state index is 13.0. The van der Waals surface area contributed by atoms with Crippen LogP contribution in [0.25, 0.3) is 0 Å². The van der Waals surface area contributed by atoms with E-state index in [4.69, 9.17) is 4.74 Å². The monoisotopic (exact) mass is 304 g/mol. The summed E-state index contributed by atoms with van der Waals surface area (Å²) in [6, 6.07) is 2.38. The Morgan fingerprint density at radius 2 is 2.19 bits per heavy atom. The van der Waals surface area contributed by atoms with Crippen molar-refractivity contribution in [2.24, 2.45) is 0 Å². The molecule has 0 amide bonds. The lowest BCUT2D eigenvalue weighted by atomic mass is 10.1. The highest BCUT2D eigenvalue weighted by atomic mass is 19.4. The molecule has 1 heterocycles. The summed E-state index contributed by atoms with van der Waals surface area (Å²) in [5.41, 5.74) is -1.80. The number of rotatable bonds is 4. The lowest BCUT2D eigenvalue weighted by Crippen LogP contribution is -2.31. The fraction of sp³-hybridized carbons (Fsp3) is 0.538. The number of non-ortho nitro benzene ring substituents is 1. The smallest absolute Gasteiger partial charge is 0.379 e.